The molecule has 5 heteroatoms. The predicted octanol–water partition coefficient (Wildman–Crippen LogP) is 2.82. The summed E-state index contributed by atoms with van der Waals surface area (Å²) < 4.78 is 5.59. The van der Waals surface area contributed by atoms with E-state index in [-0.39, 0.29) is 18.2 Å². The fourth-order valence-electron chi connectivity index (χ4n) is 2.89. The Bertz CT molecular complexity index is 488. The van der Waals surface area contributed by atoms with Gasteiger partial charge in [0.15, 0.2) is 0 Å². The second-order valence-corrected chi connectivity index (χ2v) is 6.56. The first kappa shape index (κ1) is 17.6. The molecular formula is C18H28N2O3. The molecule has 0 saturated heterocycles. The molecule has 0 heterocycles. The van der Waals surface area contributed by atoms with Crippen LogP contribution in [0.5, 0.6) is 5.75 Å². The van der Waals surface area contributed by atoms with Crippen LogP contribution in [0, 0.1) is 5.92 Å². The molecule has 1 aliphatic rings. The molecule has 0 aromatic heterocycles. The van der Waals surface area contributed by atoms with E-state index in [1.807, 2.05) is 38.1 Å². The van der Waals surface area contributed by atoms with E-state index >= 15 is 0 Å². The number of urea groups is 1. The van der Waals surface area contributed by atoms with Crippen LogP contribution in [0.25, 0.3) is 0 Å². The van der Waals surface area contributed by atoms with Crippen molar-refractivity contribution in [1.82, 2.24) is 10.6 Å². The average molecular weight is 320 g/mol. The highest BCUT2D eigenvalue weighted by Gasteiger charge is 2.20. The van der Waals surface area contributed by atoms with E-state index in [9.17, 15) is 9.90 Å². The van der Waals surface area contributed by atoms with Crippen LogP contribution < -0.4 is 15.4 Å². The molecule has 5 nitrogen and oxygen atoms in total. The summed E-state index contributed by atoms with van der Waals surface area (Å²) >= 11 is 0. The minimum atomic E-state index is -0.204. The Morgan fingerprint density at radius 3 is 2.65 bits per heavy atom. The third-order valence-electron chi connectivity index (χ3n) is 4.05. The second kappa shape index (κ2) is 8.77. The molecule has 2 rings (SSSR count). The zero-order chi connectivity index (χ0) is 16.7. The van der Waals surface area contributed by atoms with Gasteiger partial charge in [0.1, 0.15) is 5.75 Å². The van der Waals surface area contributed by atoms with Gasteiger partial charge in [-0.2, -0.15) is 0 Å². The van der Waals surface area contributed by atoms with Gasteiger partial charge in [0.25, 0.3) is 0 Å². The first-order chi connectivity index (χ1) is 11.0. The van der Waals surface area contributed by atoms with Crippen molar-refractivity contribution in [1.29, 1.82) is 0 Å². The summed E-state index contributed by atoms with van der Waals surface area (Å²) in [6.07, 6.45) is 3.75. The van der Waals surface area contributed by atoms with E-state index in [1.54, 1.807) is 0 Å². The smallest absolute Gasteiger partial charge is 0.315 e. The zero-order valence-electron chi connectivity index (χ0n) is 14.0. The Morgan fingerprint density at radius 1 is 1.26 bits per heavy atom. The largest absolute Gasteiger partial charge is 0.491 e. The summed E-state index contributed by atoms with van der Waals surface area (Å²) in [7, 11) is 0. The van der Waals surface area contributed by atoms with Gasteiger partial charge in [-0.25, -0.2) is 4.79 Å². The summed E-state index contributed by atoms with van der Waals surface area (Å²) in [5.41, 5.74) is 1.03. The Balaban J connectivity index is 1.67. The van der Waals surface area contributed by atoms with Gasteiger partial charge in [-0.05, 0) is 56.7 Å². The number of aliphatic hydroxyl groups is 1. The Hall–Kier alpha value is -1.75. The highest BCUT2D eigenvalue weighted by molar-refractivity contribution is 5.73. The topological polar surface area (TPSA) is 70.6 Å². The SMILES string of the molecule is CC(C)Oc1ccc(CNC(=O)NCC2CCCC(O)C2)cc1. The van der Waals surface area contributed by atoms with Crippen LogP contribution in [0.4, 0.5) is 4.79 Å². The number of benzene rings is 1. The molecule has 0 aliphatic heterocycles. The van der Waals surface area contributed by atoms with Gasteiger partial charge in [-0.15, -0.1) is 0 Å². The monoisotopic (exact) mass is 320 g/mol. The Kier molecular flexibility index (Phi) is 6.71. The molecule has 23 heavy (non-hydrogen) atoms. The Morgan fingerprint density at radius 2 is 2.00 bits per heavy atom. The molecule has 0 radical (unpaired) electrons. The molecule has 1 aliphatic carbocycles. The summed E-state index contributed by atoms with van der Waals surface area (Å²) in [4.78, 5) is 11.8. The maximum atomic E-state index is 11.8. The normalized spacial score (nSPS) is 21.0. The van der Waals surface area contributed by atoms with Gasteiger partial charge < -0.3 is 20.5 Å². The zero-order valence-corrected chi connectivity index (χ0v) is 14.0. The van der Waals surface area contributed by atoms with Gasteiger partial charge in [0, 0.05) is 13.1 Å². The number of ether oxygens (including phenoxy) is 1. The maximum absolute atomic E-state index is 11.8. The quantitative estimate of drug-likeness (QED) is 0.755. The van der Waals surface area contributed by atoms with Crippen molar-refractivity contribution in [2.24, 2.45) is 5.92 Å². The van der Waals surface area contributed by atoms with Crippen LogP contribution in [-0.2, 0) is 6.54 Å². The highest BCUT2D eigenvalue weighted by atomic mass is 16.5. The number of nitrogens with one attached hydrogen (secondary N) is 2. The molecule has 2 unspecified atom stereocenters. The van der Waals surface area contributed by atoms with E-state index in [0.29, 0.717) is 19.0 Å². The van der Waals surface area contributed by atoms with E-state index in [2.05, 4.69) is 10.6 Å². The second-order valence-electron chi connectivity index (χ2n) is 6.56. The molecule has 2 amide bonds. The number of hydrogen-bond acceptors (Lipinski definition) is 3. The number of aliphatic hydroxyl groups excluding tert-OH is 1. The summed E-state index contributed by atoms with van der Waals surface area (Å²) in [5, 5.41) is 15.4. The first-order valence-corrected chi connectivity index (χ1v) is 8.48. The van der Waals surface area contributed by atoms with Crippen LogP contribution in [0.1, 0.15) is 45.1 Å². The van der Waals surface area contributed by atoms with Gasteiger partial charge in [0.05, 0.1) is 12.2 Å². The maximum Gasteiger partial charge on any atom is 0.315 e. The van der Waals surface area contributed by atoms with Crippen LogP contribution >= 0.6 is 0 Å². The molecular weight excluding hydrogens is 292 g/mol. The lowest BCUT2D eigenvalue weighted by Gasteiger charge is -2.25. The molecule has 1 aromatic carbocycles. The standard InChI is InChI=1S/C18H28N2O3/c1-13(2)23-17-8-6-14(7-9-17)11-19-18(22)20-12-15-4-3-5-16(21)10-15/h6-9,13,15-16,21H,3-5,10-12H2,1-2H3,(H2,19,20,22). The van der Waals surface area contributed by atoms with Crippen molar-refractivity contribution in [3.63, 3.8) is 0 Å². The number of amides is 2. The van der Waals surface area contributed by atoms with E-state index in [0.717, 1.165) is 37.0 Å². The fraction of sp³-hybridized carbons (Fsp3) is 0.611. The van der Waals surface area contributed by atoms with E-state index < -0.39 is 0 Å². The molecule has 0 bridgehead atoms. The Labute approximate surface area is 138 Å². The van der Waals surface area contributed by atoms with Gasteiger partial charge in [-0.3, -0.25) is 0 Å². The third-order valence-corrected chi connectivity index (χ3v) is 4.05. The van der Waals surface area contributed by atoms with Crippen LogP contribution in [0.3, 0.4) is 0 Å². The number of rotatable bonds is 6. The molecule has 1 aromatic rings. The van der Waals surface area contributed by atoms with E-state index in [1.165, 1.54) is 0 Å². The number of carbonyl (C=O) groups excluding carboxylic acids is 1. The predicted molar refractivity (Wildman–Crippen MR) is 90.4 cm³/mol. The summed E-state index contributed by atoms with van der Waals surface area (Å²) in [6, 6.07) is 7.58. The van der Waals surface area contributed by atoms with Crippen LogP contribution in [-0.4, -0.2) is 29.9 Å². The minimum absolute atomic E-state index is 0.156. The van der Waals surface area contributed by atoms with Crippen molar-refractivity contribution < 1.29 is 14.6 Å². The molecule has 128 valence electrons. The van der Waals surface area contributed by atoms with Crippen molar-refractivity contribution in [2.75, 3.05) is 6.54 Å². The third kappa shape index (κ3) is 6.48. The van der Waals surface area contributed by atoms with Gasteiger partial charge >= 0.3 is 6.03 Å². The van der Waals surface area contributed by atoms with E-state index in [4.69, 9.17) is 4.74 Å². The lowest BCUT2D eigenvalue weighted by atomic mass is 9.87. The lowest BCUT2D eigenvalue weighted by molar-refractivity contribution is 0.101. The minimum Gasteiger partial charge on any atom is -0.491 e. The molecule has 2 atom stereocenters. The van der Waals surface area contributed by atoms with Crippen molar-refractivity contribution in [2.45, 2.75) is 58.3 Å². The van der Waals surface area contributed by atoms with Crippen LogP contribution in [0.2, 0.25) is 0 Å². The molecule has 1 fully saturated rings. The molecule has 1 saturated carbocycles. The lowest BCUT2D eigenvalue weighted by Crippen LogP contribution is -2.39. The molecule has 0 spiro atoms. The van der Waals surface area contributed by atoms with Crippen LogP contribution in [0.15, 0.2) is 24.3 Å². The summed E-state index contributed by atoms with van der Waals surface area (Å²) in [6.45, 7) is 5.10. The molecule has 3 N–H and O–H groups in total. The van der Waals surface area contributed by atoms with Crippen molar-refractivity contribution in [3.05, 3.63) is 29.8 Å². The van der Waals surface area contributed by atoms with Crippen molar-refractivity contribution >= 4 is 6.03 Å². The highest BCUT2D eigenvalue weighted by Crippen LogP contribution is 2.23. The van der Waals surface area contributed by atoms with Gasteiger partial charge in [-0.1, -0.05) is 18.6 Å². The van der Waals surface area contributed by atoms with Gasteiger partial charge in [0.2, 0.25) is 0 Å². The number of hydrogen-bond donors (Lipinski definition) is 3. The van der Waals surface area contributed by atoms with Crippen molar-refractivity contribution in [3.8, 4) is 5.75 Å². The summed E-state index contributed by atoms with van der Waals surface area (Å²) in [5.74, 6) is 1.22. The number of carbonyl (C=O) groups is 1. The first-order valence-electron chi connectivity index (χ1n) is 8.48. The average Bonchev–Trinajstić information content (AvgIpc) is 2.52. The fourth-order valence-corrected chi connectivity index (χ4v) is 2.89.